The fourth-order valence-corrected chi connectivity index (χ4v) is 4.86. The van der Waals surface area contributed by atoms with Crippen LogP contribution in [0.15, 0.2) is 0 Å². The first-order chi connectivity index (χ1) is 9.63. The molecule has 2 aliphatic rings. The molecule has 0 aromatic rings. The Balaban J connectivity index is 1.99. The van der Waals surface area contributed by atoms with Gasteiger partial charge in [-0.2, -0.15) is 0 Å². The molecule has 7 heteroatoms. The predicted octanol–water partition coefficient (Wildman–Crippen LogP) is 0.435. The molecule has 120 valence electrons. The lowest BCUT2D eigenvalue weighted by Gasteiger charge is -2.34. The monoisotopic (exact) mass is 315 g/mol. The van der Waals surface area contributed by atoms with E-state index < -0.39 is 21.6 Å². The second-order valence-corrected chi connectivity index (χ2v) is 8.87. The van der Waals surface area contributed by atoms with Crippen LogP contribution in [0.2, 0.25) is 0 Å². The van der Waals surface area contributed by atoms with Crippen molar-refractivity contribution in [2.45, 2.75) is 42.9 Å². The molecule has 2 N–H and O–H groups in total. The van der Waals surface area contributed by atoms with Gasteiger partial charge in [0.2, 0.25) is 5.91 Å². The fraction of sp³-hybridized carbons (Fsp3) is 0.857. The lowest BCUT2D eigenvalue weighted by molar-refractivity contribution is -0.141. The molecule has 0 bridgehead atoms. The van der Waals surface area contributed by atoms with Gasteiger partial charge in [0.15, 0.2) is 0 Å². The van der Waals surface area contributed by atoms with E-state index in [1.165, 1.54) is 0 Å². The van der Waals surface area contributed by atoms with Crippen LogP contribution in [0.3, 0.4) is 0 Å². The molecule has 0 saturated carbocycles. The van der Waals surface area contributed by atoms with Crippen molar-refractivity contribution in [1.29, 1.82) is 0 Å². The summed E-state index contributed by atoms with van der Waals surface area (Å²) in [7, 11) is 2.05. The summed E-state index contributed by atoms with van der Waals surface area (Å²) in [6.45, 7) is 9.04. The molecule has 0 aromatic carbocycles. The van der Waals surface area contributed by atoms with Crippen molar-refractivity contribution in [1.82, 2.24) is 15.1 Å². The minimum atomic E-state index is -0.858. The number of carboxylic acids is 1. The van der Waals surface area contributed by atoms with Gasteiger partial charge in [0, 0.05) is 30.9 Å². The molecule has 2 atom stereocenters. The first kappa shape index (κ1) is 16.6. The molecule has 2 heterocycles. The largest absolute Gasteiger partial charge is 0.480 e. The molecule has 2 saturated heterocycles. The lowest BCUT2D eigenvalue weighted by Crippen LogP contribution is -2.51. The minimum absolute atomic E-state index is 0.104. The van der Waals surface area contributed by atoms with Gasteiger partial charge < -0.3 is 14.9 Å². The smallest absolute Gasteiger partial charge is 0.322 e. The molecular weight excluding hydrogens is 290 g/mol. The van der Waals surface area contributed by atoms with Crippen molar-refractivity contribution in [3.8, 4) is 0 Å². The average Bonchev–Trinajstić information content (AvgIpc) is 2.59. The summed E-state index contributed by atoms with van der Waals surface area (Å²) >= 11 is 1.55. The standard InChI is InChI=1S/C14H25N3O3S/c1-13(2)11(12(19)20)15-14(3,21-13)9-10(18)17-7-5-16(4)6-8-17/h11,15H,5-9H2,1-4H3,(H,19,20). The van der Waals surface area contributed by atoms with Crippen molar-refractivity contribution < 1.29 is 14.7 Å². The van der Waals surface area contributed by atoms with Crippen molar-refractivity contribution >= 4 is 23.6 Å². The maximum atomic E-state index is 12.5. The number of carboxylic acid groups (broad SMARTS) is 1. The third kappa shape index (κ3) is 3.70. The number of rotatable bonds is 3. The van der Waals surface area contributed by atoms with E-state index in [0.29, 0.717) is 6.42 Å². The Kier molecular flexibility index (Phi) is 4.56. The van der Waals surface area contributed by atoms with E-state index in [2.05, 4.69) is 17.3 Å². The molecule has 2 unspecified atom stereocenters. The van der Waals surface area contributed by atoms with Gasteiger partial charge in [0.1, 0.15) is 6.04 Å². The number of hydrogen-bond acceptors (Lipinski definition) is 5. The minimum Gasteiger partial charge on any atom is -0.480 e. The second-order valence-electron chi connectivity index (χ2n) is 6.71. The van der Waals surface area contributed by atoms with Gasteiger partial charge in [-0.05, 0) is 27.8 Å². The van der Waals surface area contributed by atoms with Crippen LogP contribution in [0.4, 0.5) is 0 Å². The van der Waals surface area contributed by atoms with Crippen molar-refractivity contribution in [3.05, 3.63) is 0 Å². The molecule has 0 aromatic heterocycles. The Morgan fingerprint density at radius 2 is 1.81 bits per heavy atom. The number of piperazine rings is 1. The van der Waals surface area contributed by atoms with Crippen LogP contribution in [-0.4, -0.2) is 75.7 Å². The summed E-state index contributed by atoms with van der Waals surface area (Å²) in [5, 5.41) is 12.5. The van der Waals surface area contributed by atoms with Gasteiger partial charge in [0.05, 0.1) is 11.3 Å². The molecule has 0 radical (unpaired) electrons. The molecule has 0 aliphatic carbocycles. The number of amides is 1. The molecule has 2 rings (SSSR count). The quantitative estimate of drug-likeness (QED) is 0.787. The van der Waals surface area contributed by atoms with E-state index in [0.717, 1.165) is 26.2 Å². The van der Waals surface area contributed by atoms with Gasteiger partial charge in [-0.3, -0.25) is 14.9 Å². The van der Waals surface area contributed by atoms with Gasteiger partial charge in [0.25, 0.3) is 0 Å². The van der Waals surface area contributed by atoms with Crippen LogP contribution < -0.4 is 5.32 Å². The summed E-state index contributed by atoms with van der Waals surface area (Å²) in [5.74, 6) is -0.754. The van der Waals surface area contributed by atoms with Gasteiger partial charge >= 0.3 is 5.97 Å². The van der Waals surface area contributed by atoms with Crippen LogP contribution >= 0.6 is 11.8 Å². The Morgan fingerprint density at radius 1 is 1.24 bits per heavy atom. The van der Waals surface area contributed by atoms with E-state index in [1.807, 2.05) is 25.7 Å². The Morgan fingerprint density at radius 3 is 2.29 bits per heavy atom. The third-order valence-corrected chi connectivity index (χ3v) is 5.70. The van der Waals surface area contributed by atoms with Gasteiger partial charge in [-0.15, -0.1) is 11.8 Å². The summed E-state index contributed by atoms with van der Waals surface area (Å²) < 4.78 is -0.428. The molecule has 6 nitrogen and oxygen atoms in total. The van der Waals surface area contributed by atoms with Crippen LogP contribution in [0.25, 0.3) is 0 Å². The Hall–Kier alpha value is -0.790. The number of nitrogens with zero attached hydrogens (tertiary/aromatic N) is 2. The summed E-state index contributed by atoms with van der Waals surface area (Å²) in [5.41, 5.74) is 0. The van der Waals surface area contributed by atoms with Gasteiger partial charge in [-0.1, -0.05) is 0 Å². The highest BCUT2D eigenvalue weighted by Gasteiger charge is 2.51. The van der Waals surface area contributed by atoms with Crippen molar-refractivity contribution in [2.24, 2.45) is 0 Å². The molecular formula is C14H25N3O3S. The van der Waals surface area contributed by atoms with E-state index in [4.69, 9.17) is 0 Å². The topological polar surface area (TPSA) is 72.9 Å². The third-order valence-electron chi connectivity index (χ3n) is 4.22. The number of aliphatic carboxylic acids is 1. The average molecular weight is 315 g/mol. The zero-order valence-corrected chi connectivity index (χ0v) is 14.0. The summed E-state index contributed by atoms with van der Waals surface area (Å²) in [6.07, 6.45) is 0.328. The van der Waals surface area contributed by atoms with Crippen LogP contribution in [-0.2, 0) is 9.59 Å². The Bertz CT molecular complexity index is 435. The summed E-state index contributed by atoms with van der Waals surface area (Å²) in [6, 6.07) is -0.632. The second kappa shape index (κ2) is 5.78. The highest BCUT2D eigenvalue weighted by molar-refractivity contribution is 8.02. The van der Waals surface area contributed by atoms with E-state index in [-0.39, 0.29) is 5.91 Å². The maximum Gasteiger partial charge on any atom is 0.322 e. The number of carbonyl (C=O) groups is 2. The number of hydrogen-bond donors (Lipinski definition) is 2. The number of thioether (sulfide) groups is 1. The molecule has 1 amide bonds. The maximum absolute atomic E-state index is 12.5. The predicted molar refractivity (Wildman–Crippen MR) is 83.3 cm³/mol. The lowest BCUT2D eigenvalue weighted by atomic mass is 10.0. The van der Waals surface area contributed by atoms with E-state index >= 15 is 0 Å². The summed E-state index contributed by atoms with van der Waals surface area (Å²) in [4.78, 5) is 27.4. The number of nitrogens with one attached hydrogen (secondary N) is 1. The van der Waals surface area contributed by atoms with Crippen LogP contribution in [0.1, 0.15) is 27.2 Å². The molecule has 21 heavy (non-hydrogen) atoms. The highest BCUT2D eigenvalue weighted by Crippen LogP contribution is 2.46. The number of carbonyl (C=O) groups excluding carboxylic acids is 1. The van der Waals surface area contributed by atoms with E-state index in [1.54, 1.807) is 11.8 Å². The van der Waals surface area contributed by atoms with E-state index in [9.17, 15) is 14.7 Å². The van der Waals surface area contributed by atoms with Crippen LogP contribution in [0.5, 0.6) is 0 Å². The van der Waals surface area contributed by atoms with Crippen molar-refractivity contribution in [3.63, 3.8) is 0 Å². The van der Waals surface area contributed by atoms with Crippen molar-refractivity contribution in [2.75, 3.05) is 33.2 Å². The molecule has 2 aliphatic heterocycles. The SMILES string of the molecule is CN1CCN(C(=O)CC2(C)NC(C(=O)O)C(C)(C)S2)CC1. The fourth-order valence-electron chi connectivity index (χ4n) is 3.05. The zero-order valence-electron chi connectivity index (χ0n) is 13.2. The highest BCUT2D eigenvalue weighted by atomic mass is 32.2. The zero-order chi connectivity index (χ0) is 15.8. The van der Waals surface area contributed by atoms with Gasteiger partial charge in [-0.25, -0.2) is 0 Å². The molecule has 2 fully saturated rings. The Labute approximate surface area is 130 Å². The number of likely N-dealkylation sites (N-methyl/N-ethyl adjacent to an activating group) is 1. The first-order valence-electron chi connectivity index (χ1n) is 7.30. The molecule has 0 spiro atoms. The van der Waals surface area contributed by atoms with Crippen LogP contribution in [0, 0.1) is 0 Å². The first-order valence-corrected chi connectivity index (χ1v) is 8.12. The normalized spacial score (nSPS) is 33.1.